The summed E-state index contributed by atoms with van der Waals surface area (Å²) in [4.78, 5) is 10.6. The van der Waals surface area contributed by atoms with Crippen LogP contribution >= 0.6 is 0 Å². The van der Waals surface area contributed by atoms with Crippen molar-refractivity contribution in [1.29, 1.82) is 0 Å². The van der Waals surface area contributed by atoms with Crippen LogP contribution in [0.15, 0.2) is 11.6 Å². The summed E-state index contributed by atoms with van der Waals surface area (Å²) in [5.74, 6) is -1.36. The van der Waals surface area contributed by atoms with E-state index in [2.05, 4.69) is 0 Å². The molecule has 0 aromatic rings. The summed E-state index contributed by atoms with van der Waals surface area (Å²) in [6, 6.07) is 0. The molecule has 0 bridgehead atoms. The molecule has 13 heavy (non-hydrogen) atoms. The van der Waals surface area contributed by atoms with Crippen molar-refractivity contribution in [3.8, 4) is 0 Å². The second-order valence-electron chi connectivity index (χ2n) is 2.87. The van der Waals surface area contributed by atoms with E-state index in [1.807, 2.05) is 0 Å². The van der Waals surface area contributed by atoms with Crippen molar-refractivity contribution < 1.29 is 14.3 Å². The Labute approximate surface area is 76.4 Å². The smallest absolute Gasteiger partial charge is 0.330 e. The van der Waals surface area contributed by atoms with Crippen LogP contribution in [0.25, 0.3) is 0 Å². The van der Waals surface area contributed by atoms with Gasteiger partial charge in [0.15, 0.2) is 5.54 Å². The topological polar surface area (TPSA) is 89.3 Å². The zero-order valence-electron chi connectivity index (χ0n) is 7.59. The second kappa shape index (κ2) is 4.94. The summed E-state index contributed by atoms with van der Waals surface area (Å²) in [5, 5.41) is 8.67. The number of nitrogens with two attached hydrogens (primary N) is 2. The minimum Gasteiger partial charge on any atom is -0.480 e. The maximum Gasteiger partial charge on any atom is 0.330 e. The van der Waals surface area contributed by atoms with E-state index in [0.717, 1.165) is 0 Å². The van der Waals surface area contributed by atoms with Gasteiger partial charge in [0.25, 0.3) is 0 Å². The Hall–Kier alpha value is -0.940. The van der Waals surface area contributed by atoms with Gasteiger partial charge < -0.3 is 16.6 Å². The van der Waals surface area contributed by atoms with Gasteiger partial charge in [0.2, 0.25) is 0 Å². The third kappa shape index (κ3) is 2.78. The molecule has 0 aliphatic rings. The number of carboxylic acids is 1. The van der Waals surface area contributed by atoms with Crippen LogP contribution in [0.1, 0.15) is 13.3 Å². The average molecular weight is 190 g/mol. The zero-order chi connectivity index (χ0) is 10.5. The molecule has 0 radical (unpaired) electrons. The minimum atomic E-state index is -1.89. The van der Waals surface area contributed by atoms with Crippen LogP contribution in [-0.4, -0.2) is 29.8 Å². The second-order valence-corrected chi connectivity index (χ2v) is 2.87. The number of hydrogen-bond acceptors (Lipinski definition) is 3. The van der Waals surface area contributed by atoms with E-state index in [-0.39, 0.29) is 0 Å². The molecule has 0 saturated heterocycles. The van der Waals surface area contributed by atoms with E-state index in [1.54, 1.807) is 6.08 Å². The maximum absolute atomic E-state index is 12.4. The van der Waals surface area contributed by atoms with E-state index in [9.17, 15) is 9.18 Å². The van der Waals surface area contributed by atoms with E-state index < -0.39 is 18.2 Å². The van der Waals surface area contributed by atoms with Crippen LogP contribution < -0.4 is 11.5 Å². The summed E-state index contributed by atoms with van der Waals surface area (Å²) in [6.45, 7) is 0.762. The monoisotopic (exact) mass is 190 g/mol. The molecule has 0 spiro atoms. The first-order valence-electron chi connectivity index (χ1n) is 3.94. The standard InChI is InChI=1S/C8H15FN2O2/c1-6(3-2-4-10)8(11,5-9)7(12)13/h3H,2,4-5,10-11H2,1H3,(H,12,13)/b6-3+. The number of halogens is 1. The first-order chi connectivity index (χ1) is 5.99. The maximum atomic E-state index is 12.4. The van der Waals surface area contributed by atoms with Crippen molar-refractivity contribution in [2.24, 2.45) is 11.5 Å². The number of aliphatic carboxylic acids is 1. The Morgan fingerprint density at radius 2 is 2.23 bits per heavy atom. The predicted molar refractivity (Wildman–Crippen MR) is 48.0 cm³/mol. The molecule has 0 saturated carbocycles. The molecule has 0 heterocycles. The SMILES string of the molecule is C/C(=C\CCN)C(N)(CF)C(=O)O. The van der Waals surface area contributed by atoms with Gasteiger partial charge in [-0.3, -0.25) is 0 Å². The largest absolute Gasteiger partial charge is 0.480 e. The summed E-state index contributed by atoms with van der Waals surface area (Å²) in [5.41, 5.74) is 8.96. The van der Waals surface area contributed by atoms with Gasteiger partial charge in [0.05, 0.1) is 0 Å². The van der Waals surface area contributed by atoms with Crippen molar-refractivity contribution in [2.45, 2.75) is 18.9 Å². The fourth-order valence-corrected chi connectivity index (χ4v) is 0.813. The third-order valence-corrected chi connectivity index (χ3v) is 1.91. The molecule has 1 unspecified atom stereocenters. The predicted octanol–water partition coefficient (Wildman–Crippen LogP) is 0.0331. The van der Waals surface area contributed by atoms with Gasteiger partial charge in [-0.2, -0.15) is 0 Å². The molecular weight excluding hydrogens is 175 g/mol. The van der Waals surface area contributed by atoms with Crippen LogP contribution in [-0.2, 0) is 4.79 Å². The van der Waals surface area contributed by atoms with Crippen molar-refractivity contribution in [1.82, 2.24) is 0 Å². The van der Waals surface area contributed by atoms with E-state index >= 15 is 0 Å². The van der Waals surface area contributed by atoms with Crippen molar-refractivity contribution in [3.63, 3.8) is 0 Å². The highest BCUT2D eigenvalue weighted by Gasteiger charge is 2.35. The molecule has 0 amide bonds. The lowest BCUT2D eigenvalue weighted by Crippen LogP contribution is -2.51. The highest BCUT2D eigenvalue weighted by molar-refractivity contribution is 5.82. The van der Waals surface area contributed by atoms with E-state index in [4.69, 9.17) is 16.6 Å². The molecule has 0 rings (SSSR count). The van der Waals surface area contributed by atoms with Crippen molar-refractivity contribution in [3.05, 3.63) is 11.6 Å². The quantitative estimate of drug-likeness (QED) is 0.534. The van der Waals surface area contributed by atoms with Crippen LogP contribution in [0.5, 0.6) is 0 Å². The third-order valence-electron chi connectivity index (χ3n) is 1.91. The summed E-state index contributed by atoms with van der Waals surface area (Å²) >= 11 is 0. The number of hydrogen-bond donors (Lipinski definition) is 3. The molecule has 0 aliphatic carbocycles. The summed E-state index contributed by atoms with van der Waals surface area (Å²) in [7, 11) is 0. The Balaban J connectivity index is 4.65. The van der Waals surface area contributed by atoms with E-state index in [1.165, 1.54) is 6.92 Å². The van der Waals surface area contributed by atoms with Crippen molar-refractivity contribution >= 4 is 5.97 Å². The van der Waals surface area contributed by atoms with Gasteiger partial charge in [0.1, 0.15) is 6.67 Å². The minimum absolute atomic E-state index is 0.299. The number of rotatable bonds is 5. The lowest BCUT2D eigenvalue weighted by Gasteiger charge is -2.21. The van der Waals surface area contributed by atoms with Crippen LogP contribution in [0.3, 0.4) is 0 Å². The summed E-state index contributed by atoms with van der Waals surface area (Å²) < 4.78 is 12.4. The molecule has 0 aliphatic heterocycles. The lowest BCUT2D eigenvalue weighted by atomic mass is 9.93. The number of carbonyl (C=O) groups is 1. The van der Waals surface area contributed by atoms with Gasteiger partial charge in [-0.25, -0.2) is 9.18 Å². The van der Waals surface area contributed by atoms with Gasteiger partial charge in [-0.05, 0) is 25.5 Å². The van der Waals surface area contributed by atoms with Gasteiger partial charge >= 0.3 is 5.97 Å². The normalized spacial score (nSPS) is 16.8. The molecule has 1 atom stereocenters. The Kier molecular flexibility index (Phi) is 4.58. The Morgan fingerprint density at radius 3 is 2.54 bits per heavy atom. The molecule has 5 heteroatoms. The lowest BCUT2D eigenvalue weighted by molar-refractivity contribution is -0.142. The molecular formula is C8H15FN2O2. The molecule has 4 nitrogen and oxygen atoms in total. The molecule has 0 aromatic heterocycles. The average Bonchev–Trinajstić information content (AvgIpc) is 2.12. The first kappa shape index (κ1) is 12.1. The Morgan fingerprint density at radius 1 is 1.69 bits per heavy atom. The number of alkyl halides is 1. The fraction of sp³-hybridized carbons (Fsp3) is 0.625. The van der Waals surface area contributed by atoms with E-state index in [0.29, 0.717) is 18.5 Å². The highest BCUT2D eigenvalue weighted by atomic mass is 19.1. The fourth-order valence-electron chi connectivity index (χ4n) is 0.813. The molecule has 0 aromatic carbocycles. The van der Waals surface area contributed by atoms with Crippen molar-refractivity contribution in [2.75, 3.05) is 13.2 Å². The highest BCUT2D eigenvalue weighted by Crippen LogP contribution is 2.15. The van der Waals surface area contributed by atoms with Gasteiger partial charge in [-0.1, -0.05) is 6.08 Å². The zero-order valence-corrected chi connectivity index (χ0v) is 7.59. The number of carboxylic acid groups (broad SMARTS) is 1. The van der Waals surface area contributed by atoms with Crippen LogP contribution in [0.4, 0.5) is 4.39 Å². The van der Waals surface area contributed by atoms with Crippen LogP contribution in [0.2, 0.25) is 0 Å². The first-order valence-corrected chi connectivity index (χ1v) is 3.94. The van der Waals surface area contributed by atoms with Gasteiger partial charge in [-0.15, -0.1) is 0 Å². The molecule has 76 valence electrons. The molecule has 5 N–H and O–H groups in total. The Bertz CT molecular complexity index is 218. The van der Waals surface area contributed by atoms with Gasteiger partial charge in [0, 0.05) is 0 Å². The molecule has 0 fully saturated rings. The van der Waals surface area contributed by atoms with Crippen LogP contribution in [0, 0.1) is 0 Å². The summed E-state index contributed by atoms with van der Waals surface area (Å²) in [6.07, 6.45) is 2.05.